The number of hydrogen-bond acceptors (Lipinski definition) is 6. The van der Waals surface area contributed by atoms with Crippen molar-refractivity contribution in [1.29, 1.82) is 0 Å². The number of rotatable bonds is 5. The Bertz CT molecular complexity index is 570. The van der Waals surface area contributed by atoms with Gasteiger partial charge in [0.25, 0.3) is 0 Å². The molecule has 0 aliphatic carbocycles. The SMILES string of the molecule is CNc1nc(NCc2ccc(Br)cc2)nc(N(C)C)n1. The number of hydrogen-bond donors (Lipinski definition) is 2. The standard InChI is InChI=1S/C13H17BrN6/c1-15-11-17-12(19-13(18-11)20(2)3)16-8-9-4-6-10(14)7-5-9/h4-7H,8H2,1-3H3,(H2,15,16,17,18,19). The molecule has 1 aromatic heterocycles. The average Bonchev–Trinajstić information content (AvgIpc) is 2.46. The van der Waals surface area contributed by atoms with Gasteiger partial charge < -0.3 is 15.5 Å². The zero-order chi connectivity index (χ0) is 14.5. The molecule has 0 amide bonds. The van der Waals surface area contributed by atoms with Crippen molar-refractivity contribution in [2.75, 3.05) is 36.7 Å². The van der Waals surface area contributed by atoms with Gasteiger partial charge >= 0.3 is 0 Å². The summed E-state index contributed by atoms with van der Waals surface area (Å²) in [5, 5.41) is 6.14. The first-order valence-electron chi connectivity index (χ1n) is 6.18. The summed E-state index contributed by atoms with van der Waals surface area (Å²) >= 11 is 3.42. The van der Waals surface area contributed by atoms with E-state index in [1.54, 1.807) is 7.05 Å². The molecule has 106 valence electrons. The van der Waals surface area contributed by atoms with E-state index in [1.165, 1.54) is 0 Å². The lowest BCUT2D eigenvalue weighted by molar-refractivity contribution is 0.944. The van der Waals surface area contributed by atoms with Crippen molar-refractivity contribution in [1.82, 2.24) is 15.0 Å². The number of nitrogens with one attached hydrogen (secondary N) is 2. The van der Waals surface area contributed by atoms with Gasteiger partial charge in [0, 0.05) is 32.2 Å². The predicted molar refractivity (Wildman–Crippen MR) is 85.2 cm³/mol. The maximum Gasteiger partial charge on any atom is 0.231 e. The van der Waals surface area contributed by atoms with E-state index >= 15 is 0 Å². The van der Waals surface area contributed by atoms with Gasteiger partial charge in [0.2, 0.25) is 17.8 Å². The summed E-state index contributed by atoms with van der Waals surface area (Å²) in [5.41, 5.74) is 1.16. The molecule has 6 nitrogen and oxygen atoms in total. The second-order valence-electron chi connectivity index (χ2n) is 4.41. The molecule has 0 radical (unpaired) electrons. The lowest BCUT2D eigenvalue weighted by Gasteiger charge is -2.13. The first-order chi connectivity index (χ1) is 9.58. The largest absolute Gasteiger partial charge is 0.357 e. The smallest absolute Gasteiger partial charge is 0.231 e. The van der Waals surface area contributed by atoms with Crippen molar-refractivity contribution in [2.45, 2.75) is 6.54 Å². The van der Waals surface area contributed by atoms with Gasteiger partial charge in [-0.25, -0.2) is 0 Å². The summed E-state index contributed by atoms with van der Waals surface area (Å²) in [5.74, 6) is 1.71. The highest BCUT2D eigenvalue weighted by Crippen LogP contribution is 2.14. The quantitative estimate of drug-likeness (QED) is 0.873. The zero-order valence-corrected chi connectivity index (χ0v) is 13.3. The van der Waals surface area contributed by atoms with Gasteiger partial charge in [0.1, 0.15) is 0 Å². The Morgan fingerprint density at radius 3 is 2.30 bits per heavy atom. The van der Waals surface area contributed by atoms with Crippen molar-refractivity contribution >= 4 is 33.8 Å². The number of benzene rings is 1. The van der Waals surface area contributed by atoms with E-state index in [0.717, 1.165) is 10.0 Å². The predicted octanol–water partition coefficient (Wildman–Crippen LogP) is 2.35. The molecule has 1 heterocycles. The Morgan fingerprint density at radius 1 is 1.05 bits per heavy atom. The number of aromatic nitrogens is 3. The zero-order valence-electron chi connectivity index (χ0n) is 11.7. The summed E-state index contributed by atoms with van der Waals surface area (Å²) in [6.07, 6.45) is 0. The van der Waals surface area contributed by atoms with Crippen molar-refractivity contribution < 1.29 is 0 Å². The van der Waals surface area contributed by atoms with E-state index in [1.807, 2.05) is 43.3 Å². The van der Waals surface area contributed by atoms with Crippen LogP contribution in [0.15, 0.2) is 28.7 Å². The minimum atomic E-state index is 0.544. The number of anilines is 3. The third-order valence-electron chi connectivity index (χ3n) is 2.61. The summed E-state index contributed by atoms with van der Waals surface area (Å²) in [4.78, 5) is 14.7. The molecule has 0 aliphatic rings. The summed E-state index contributed by atoms with van der Waals surface area (Å²) < 4.78 is 1.06. The fourth-order valence-corrected chi connectivity index (χ4v) is 1.80. The molecule has 0 saturated carbocycles. The Hall–Kier alpha value is -1.89. The van der Waals surface area contributed by atoms with Crippen LogP contribution in [0.3, 0.4) is 0 Å². The number of halogens is 1. The van der Waals surface area contributed by atoms with Crippen molar-refractivity contribution in [2.24, 2.45) is 0 Å². The van der Waals surface area contributed by atoms with E-state index in [4.69, 9.17) is 0 Å². The maximum absolute atomic E-state index is 4.36. The molecule has 0 aliphatic heterocycles. The second-order valence-corrected chi connectivity index (χ2v) is 5.32. The highest BCUT2D eigenvalue weighted by Gasteiger charge is 2.06. The monoisotopic (exact) mass is 336 g/mol. The molecule has 7 heteroatoms. The van der Waals surface area contributed by atoms with Gasteiger partial charge in [-0.05, 0) is 17.7 Å². The lowest BCUT2D eigenvalue weighted by atomic mass is 10.2. The fraction of sp³-hybridized carbons (Fsp3) is 0.308. The molecule has 0 fully saturated rings. The van der Waals surface area contributed by atoms with Crippen LogP contribution in [0.25, 0.3) is 0 Å². The van der Waals surface area contributed by atoms with Crippen molar-refractivity contribution in [3.8, 4) is 0 Å². The Labute approximate surface area is 126 Å². The van der Waals surface area contributed by atoms with Gasteiger partial charge in [-0.15, -0.1) is 0 Å². The van der Waals surface area contributed by atoms with Crippen LogP contribution in [-0.2, 0) is 6.54 Å². The summed E-state index contributed by atoms with van der Waals surface area (Å²) in [6, 6.07) is 8.11. The molecule has 0 spiro atoms. The van der Waals surface area contributed by atoms with Crippen LogP contribution >= 0.6 is 15.9 Å². The van der Waals surface area contributed by atoms with Crippen LogP contribution in [0.1, 0.15) is 5.56 Å². The van der Waals surface area contributed by atoms with Gasteiger partial charge in [-0.1, -0.05) is 28.1 Å². The molecular weight excluding hydrogens is 320 g/mol. The normalized spacial score (nSPS) is 10.2. The van der Waals surface area contributed by atoms with Crippen LogP contribution in [-0.4, -0.2) is 36.1 Å². The molecule has 2 N–H and O–H groups in total. The van der Waals surface area contributed by atoms with Crippen LogP contribution in [0.5, 0.6) is 0 Å². The molecule has 0 bridgehead atoms. The second kappa shape index (κ2) is 6.51. The topological polar surface area (TPSA) is 66.0 Å². The molecule has 1 aromatic carbocycles. The van der Waals surface area contributed by atoms with E-state index < -0.39 is 0 Å². The molecule has 0 atom stereocenters. The lowest BCUT2D eigenvalue weighted by Crippen LogP contribution is -2.16. The molecule has 20 heavy (non-hydrogen) atoms. The van der Waals surface area contributed by atoms with E-state index in [0.29, 0.717) is 24.4 Å². The fourth-order valence-electron chi connectivity index (χ4n) is 1.54. The minimum Gasteiger partial charge on any atom is -0.357 e. The van der Waals surface area contributed by atoms with Crippen molar-refractivity contribution in [3.05, 3.63) is 34.3 Å². The Morgan fingerprint density at radius 2 is 1.70 bits per heavy atom. The third-order valence-corrected chi connectivity index (χ3v) is 3.14. The van der Waals surface area contributed by atoms with Crippen LogP contribution in [0.2, 0.25) is 0 Å². The van der Waals surface area contributed by atoms with Gasteiger partial charge in [0.05, 0.1) is 0 Å². The van der Waals surface area contributed by atoms with E-state index in [-0.39, 0.29) is 0 Å². The average molecular weight is 337 g/mol. The highest BCUT2D eigenvalue weighted by atomic mass is 79.9. The van der Waals surface area contributed by atoms with Gasteiger partial charge in [-0.3, -0.25) is 0 Å². The Balaban J connectivity index is 2.12. The number of nitrogens with zero attached hydrogens (tertiary/aromatic N) is 4. The Kier molecular flexibility index (Phi) is 4.73. The van der Waals surface area contributed by atoms with Crippen LogP contribution in [0, 0.1) is 0 Å². The minimum absolute atomic E-state index is 0.544. The van der Waals surface area contributed by atoms with E-state index in [2.05, 4.69) is 41.5 Å². The summed E-state index contributed by atoms with van der Waals surface area (Å²) in [6.45, 7) is 0.660. The van der Waals surface area contributed by atoms with Crippen LogP contribution < -0.4 is 15.5 Å². The molecular formula is C13H17BrN6. The van der Waals surface area contributed by atoms with E-state index in [9.17, 15) is 0 Å². The van der Waals surface area contributed by atoms with Crippen molar-refractivity contribution in [3.63, 3.8) is 0 Å². The molecule has 0 saturated heterocycles. The molecule has 2 aromatic rings. The highest BCUT2D eigenvalue weighted by molar-refractivity contribution is 9.10. The summed E-state index contributed by atoms with van der Waals surface area (Å²) in [7, 11) is 5.58. The molecule has 2 rings (SSSR count). The van der Waals surface area contributed by atoms with Crippen LogP contribution in [0.4, 0.5) is 17.8 Å². The van der Waals surface area contributed by atoms with Gasteiger partial charge in [-0.2, -0.15) is 15.0 Å². The third kappa shape index (κ3) is 3.80. The maximum atomic E-state index is 4.36. The van der Waals surface area contributed by atoms with Gasteiger partial charge in [0.15, 0.2) is 0 Å². The first-order valence-corrected chi connectivity index (χ1v) is 6.97. The molecule has 0 unspecified atom stereocenters. The first kappa shape index (κ1) is 14.5.